The predicted octanol–water partition coefficient (Wildman–Crippen LogP) is 2.96. The van der Waals surface area contributed by atoms with Gasteiger partial charge in [-0.05, 0) is 60.9 Å². The minimum absolute atomic E-state index is 0.0165. The Kier molecular flexibility index (Phi) is 4.86. The summed E-state index contributed by atoms with van der Waals surface area (Å²) in [6.07, 6.45) is 4.61. The molecule has 2 amide bonds. The lowest BCUT2D eigenvalue weighted by molar-refractivity contribution is -0.143. The number of aryl methyl sites for hydroxylation is 1. The van der Waals surface area contributed by atoms with Gasteiger partial charge in [0.15, 0.2) is 0 Å². The molecule has 0 radical (unpaired) electrons. The van der Waals surface area contributed by atoms with Crippen LogP contribution in [0.4, 0.5) is 0 Å². The van der Waals surface area contributed by atoms with E-state index in [4.69, 9.17) is 0 Å². The molecule has 1 atom stereocenters. The Morgan fingerprint density at radius 1 is 0.900 bits per heavy atom. The molecule has 1 saturated heterocycles. The first-order valence-electron chi connectivity index (χ1n) is 11.0. The third-order valence-corrected chi connectivity index (χ3v) is 6.91. The van der Waals surface area contributed by atoms with E-state index in [9.17, 15) is 14.7 Å². The van der Waals surface area contributed by atoms with Crippen molar-refractivity contribution in [2.24, 2.45) is 0 Å². The fourth-order valence-corrected chi connectivity index (χ4v) is 4.88. The van der Waals surface area contributed by atoms with E-state index < -0.39 is 5.60 Å². The number of aliphatic hydroxyl groups is 1. The average Bonchev–Trinajstić information content (AvgIpc) is 3.56. The fourth-order valence-electron chi connectivity index (χ4n) is 4.88. The molecule has 2 aliphatic carbocycles. The summed E-state index contributed by atoms with van der Waals surface area (Å²) in [7, 11) is 0. The normalized spacial score (nSPS) is 22.4. The fraction of sp³-hybridized carbons (Fsp3) is 0.440. The molecule has 5 nitrogen and oxygen atoms in total. The van der Waals surface area contributed by atoms with Crippen molar-refractivity contribution in [3.63, 3.8) is 0 Å². The first kappa shape index (κ1) is 19.3. The lowest BCUT2D eigenvalue weighted by Crippen LogP contribution is -2.53. The van der Waals surface area contributed by atoms with Crippen molar-refractivity contribution >= 4 is 11.8 Å². The van der Waals surface area contributed by atoms with Crippen LogP contribution >= 0.6 is 0 Å². The van der Waals surface area contributed by atoms with Crippen LogP contribution < -0.4 is 0 Å². The van der Waals surface area contributed by atoms with Gasteiger partial charge in [-0.3, -0.25) is 9.59 Å². The number of piperazine rings is 1. The van der Waals surface area contributed by atoms with Crippen LogP contribution in [0.25, 0.3) is 0 Å². The second-order valence-electron chi connectivity index (χ2n) is 8.88. The lowest BCUT2D eigenvalue weighted by Gasteiger charge is -2.35. The maximum Gasteiger partial charge on any atom is 0.254 e. The van der Waals surface area contributed by atoms with Gasteiger partial charge in [-0.1, -0.05) is 36.4 Å². The molecule has 156 valence electrons. The summed E-state index contributed by atoms with van der Waals surface area (Å²) < 4.78 is 0. The van der Waals surface area contributed by atoms with E-state index in [0.717, 1.165) is 12.8 Å². The van der Waals surface area contributed by atoms with Crippen LogP contribution in [0.2, 0.25) is 0 Å². The van der Waals surface area contributed by atoms with E-state index in [1.807, 2.05) is 17.0 Å². The van der Waals surface area contributed by atoms with Gasteiger partial charge in [0.25, 0.3) is 11.8 Å². The summed E-state index contributed by atoms with van der Waals surface area (Å²) in [5.41, 5.74) is 3.70. The first-order chi connectivity index (χ1) is 14.5. The molecule has 2 aromatic carbocycles. The number of amides is 2. The van der Waals surface area contributed by atoms with E-state index in [1.165, 1.54) is 23.1 Å². The van der Waals surface area contributed by atoms with Crippen molar-refractivity contribution in [2.45, 2.75) is 43.6 Å². The summed E-state index contributed by atoms with van der Waals surface area (Å²) in [6.45, 7) is 2.00. The number of hydrogen-bond donors (Lipinski definition) is 1. The molecule has 0 aromatic heterocycles. The van der Waals surface area contributed by atoms with Crippen molar-refractivity contribution in [1.82, 2.24) is 9.80 Å². The maximum absolute atomic E-state index is 12.9. The predicted molar refractivity (Wildman–Crippen MR) is 114 cm³/mol. The molecular weight excluding hydrogens is 376 g/mol. The van der Waals surface area contributed by atoms with E-state index in [-0.39, 0.29) is 11.8 Å². The number of rotatable bonds is 3. The summed E-state index contributed by atoms with van der Waals surface area (Å²) >= 11 is 0. The van der Waals surface area contributed by atoms with E-state index in [1.54, 1.807) is 4.90 Å². The minimum atomic E-state index is -1.13. The highest BCUT2D eigenvalue weighted by molar-refractivity contribution is 5.94. The van der Waals surface area contributed by atoms with Crippen molar-refractivity contribution in [2.75, 3.05) is 26.2 Å². The molecular formula is C25H28N2O3. The van der Waals surface area contributed by atoms with Crippen molar-refractivity contribution in [1.29, 1.82) is 0 Å². The summed E-state index contributed by atoms with van der Waals surface area (Å²) in [5.74, 6) is 0.247. The van der Waals surface area contributed by atoms with E-state index in [2.05, 4.69) is 36.4 Å². The molecule has 0 bridgehead atoms. The first-order valence-corrected chi connectivity index (χ1v) is 11.0. The Balaban J connectivity index is 1.24. The summed E-state index contributed by atoms with van der Waals surface area (Å²) in [4.78, 5) is 28.7. The van der Waals surface area contributed by atoms with Gasteiger partial charge < -0.3 is 14.9 Å². The Hall–Kier alpha value is -2.66. The smallest absolute Gasteiger partial charge is 0.254 e. The Labute approximate surface area is 177 Å². The Bertz CT molecular complexity index is 957. The Morgan fingerprint density at radius 2 is 1.57 bits per heavy atom. The zero-order chi connectivity index (χ0) is 20.7. The number of benzene rings is 2. The van der Waals surface area contributed by atoms with Gasteiger partial charge in [-0.15, -0.1) is 0 Å². The van der Waals surface area contributed by atoms with Crippen molar-refractivity contribution < 1.29 is 14.7 Å². The molecule has 30 heavy (non-hydrogen) atoms. The Morgan fingerprint density at radius 3 is 2.27 bits per heavy atom. The molecule has 5 rings (SSSR count). The molecule has 1 saturated carbocycles. The topological polar surface area (TPSA) is 60.9 Å². The SMILES string of the molecule is O=C(c1ccc(C2CCCc3ccccc32)cc1)N1CCN(C(=O)C2(O)CC2)CC1. The molecule has 0 spiro atoms. The van der Waals surface area contributed by atoms with Gasteiger partial charge in [-0.25, -0.2) is 0 Å². The number of carbonyl (C=O) groups excluding carboxylic acids is 2. The standard InChI is InChI=1S/C25H28N2O3/c28-23(26-14-16-27(17-15-26)24(29)25(30)12-13-25)20-10-8-19(9-11-20)22-7-3-5-18-4-1-2-6-21(18)22/h1-2,4,6,8-11,22,30H,3,5,7,12-17H2. The highest BCUT2D eigenvalue weighted by Crippen LogP contribution is 2.38. The monoisotopic (exact) mass is 404 g/mol. The molecule has 1 heterocycles. The molecule has 2 fully saturated rings. The third-order valence-electron chi connectivity index (χ3n) is 6.91. The number of carbonyl (C=O) groups is 2. The van der Waals surface area contributed by atoms with Crippen LogP contribution in [-0.2, 0) is 11.2 Å². The number of nitrogens with zero attached hydrogens (tertiary/aromatic N) is 2. The quantitative estimate of drug-likeness (QED) is 0.856. The van der Waals surface area contributed by atoms with Crippen LogP contribution in [0, 0.1) is 0 Å². The highest BCUT2D eigenvalue weighted by atomic mass is 16.3. The van der Waals surface area contributed by atoms with Crippen LogP contribution in [0.1, 0.15) is 58.6 Å². The van der Waals surface area contributed by atoms with Crippen molar-refractivity contribution in [3.05, 3.63) is 70.8 Å². The van der Waals surface area contributed by atoms with Crippen LogP contribution in [0.5, 0.6) is 0 Å². The number of hydrogen-bond acceptors (Lipinski definition) is 3. The third kappa shape index (κ3) is 3.52. The van der Waals surface area contributed by atoms with Crippen molar-refractivity contribution in [3.8, 4) is 0 Å². The molecule has 2 aromatic rings. The largest absolute Gasteiger partial charge is 0.380 e. The zero-order valence-electron chi connectivity index (χ0n) is 17.2. The van der Waals surface area contributed by atoms with Gasteiger partial charge in [0, 0.05) is 37.7 Å². The van der Waals surface area contributed by atoms with Gasteiger partial charge in [-0.2, -0.15) is 0 Å². The minimum Gasteiger partial charge on any atom is -0.380 e. The zero-order valence-corrected chi connectivity index (χ0v) is 17.2. The van der Waals surface area contributed by atoms with E-state index in [0.29, 0.717) is 50.5 Å². The van der Waals surface area contributed by atoms with Gasteiger partial charge >= 0.3 is 0 Å². The molecule has 1 unspecified atom stereocenters. The summed E-state index contributed by atoms with van der Waals surface area (Å²) in [5, 5.41) is 10.0. The average molecular weight is 405 g/mol. The molecule has 1 aliphatic heterocycles. The molecule has 1 N–H and O–H groups in total. The van der Waals surface area contributed by atoms with E-state index >= 15 is 0 Å². The maximum atomic E-state index is 12.9. The second kappa shape index (κ2) is 7.55. The second-order valence-corrected chi connectivity index (χ2v) is 8.88. The van der Waals surface area contributed by atoms with Crippen LogP contribution in [0.15, 0.2) is 48.5 Å². The van der Waals surface area contributed by atoms with Crippen LogP contribution in [-0.4, -0.2) is 58.5 Å². The summed E-state index contributed by atoms with van der Waals surface area (Å²) in [6, 6.07) is 16.8. The van der Waals surface area contributed by atoms with Gasteiger partial charge in [0.2, 0.25) is 0 Å². The van der Waals surface area contributed by atoms with Gasteiger partial charge in [0.1, 0.15) is 5.60 Å². The molecule has 5 heteroatoms. The number of fused-ring (bicyclic) bond motifs is 1. The molecule has 3 aliphatic rings. The van der Waals surface area contributed by atoms with Gasteiger partial charge in [0.05, 0.1) is 0 Å². The lowest BCUT2D eigenvalue weighted by atomic mass is 9.79. The highest BCUT2D eigenvalue weighted by Gasteiger charge is 2.50. The van der Waals surface area contributed by atoms with Crippen LogP contribution in [0.3, 0.4) is 0 Å².